The van der Waals surface area contributed by atoms with Crippen molar-refractivity contribution in [1.82, 2.24) is 4.90 Å². The highest BCUT2D eigenvalue weighted by atomic mass is 16.5. The minimum absolute atomic E-state index is 0.0358. The number of amides is 1. The topological polar surface area (TPSA) is 48.0 Å². The normalized spacial score (nSPS) is 22.0. The number of carbonyl (C=O) groups excluding carboxylic acids is 1. The molecule has 0 radical (unpaired) electrons. The van der Waals surface area contributed by atoms with E-state index < -0.39 is 6.10 Å². The fourth-order valence-electron chi connectivity index (χ4n) is 5.34. The van der Waals surface area contributed by atoms with Crippen molar-refractivity contribution in [1.29, 1.82) is 0 Å². The first-order valence-corrected chi connectivity index (χ1v) is 11.5. The molecular formula is C26H31NO4. The Bertz CT molecular complexity index is 912. The first-order valence-electron chi connectivity index (χ1n) is 11.5. The van der Waals surface area contributed by atoms with Gasteiger partial charge in [-0.05, 0) is 48.1 Å². The molecule has 1 amide bonds. The van der Waals surface area contributed by atoms with Crippen molar-refractivity contribution in [2.75, 3.05) is 20.3 Å². The van der Waals surface area contributed by atoms with Gasteiger partial charge in [0.15, 0.2) is 6.10 Å². The molecule has 0 aromatic heterocycles. The second kappa shape index (κ2) is 8.91. The van der Waals surface area contributed by atoms with Gasteiger partial charge >= 0.3 is 0 Å². The number of ether oxygens (including phenoxy) is 3. The van der Waals surface area contributed by atoms with Crippen LogP contribution in [-0.4, -0.2) is 37.2 Å². The van der Waals surface area contributed by atoms with E-state index in [0.29, 0.717) is 32.0 Å². The van der Waals surface area contributed by atoms with Gasteiger partial charge < -0.3 is 19.1 Å². The third-order valence-electron chi connectivity index (χ3n) is 6.96. The highest BCUT2D eigenvalue weighted by molar-refractivity contribution is 5.82. The van der Waals surface area contributed by atoms with E-state index in [1.807, 2.05) is 36.3 Å². The van der Waals surface area contributed by atoms with Crippen LogP contribution in [0.3, 0.4) is 0 Å². The summed E-state index contributed by atoms with van der Waals surface area (Å²) in [6.45, 7) is 1.60. The maximum Gasteiger partial charge on any atom is 0.264 e. The molecule has 5 heteroatoms. The molecule has 0 N–H and O–H groups in total. The van der Waals surface area contributed by atoms with E-state index in [0.717, 1.165) is 22.6 Å². The lowest BCUT2D eigenvalue weighted by atomic mass is 9.82. The highest BCUT2D eigenvalue weighted by Crippen LogP contribution is 2.38. The van der Waals surface area contributed by atoms with Crippen molar-refractivity contribution in [2.24, 2.45) is 5.92 Å². The van der Waals surface area contributed by atoms with Crippen LogP contribution in [0.2, 0.25) is 0 Å². The average Bonchev–Trinajstić information content (AvgIpc) is 3.13. The van der Waals surface area contributed by atoms with Crippen molar-refractivity contribution in [3.63, 3.8) is 0 Å². The van der Waals surface area contributed by atoms with E-state index in [1.165, 1.54) is 37.7 Å². The molecular weight excluding hydrogens is 390 g/mol. The lowest BCUT2D eigenvalue weighted by Gasteiger charge is -2.30. The minimum atomic E-state index is -0.448. The van der Waals surface area contributed by atoms with Crippen LogP contribution in [0.5, 0.6) is 11.5 Å². The summed E-state index contributed by atoms with van der Waals surface area (Å²) in [6.07, 6.45) is 6.62. The van der Waals surface area contributed by atoms with E-state index in [-0.39, 0.29) is 12.0 Å². The van der Waals surface area contributed by atoms with Gasteiger partial charge in [-0.1, -0.05) is 43.5 Å². The number of hydrogen-bond acceptors (Lipinski definition) is 4. The van der Waals surface area contributed by atoms with Crippen LogP contribution in [0, 0.1) is 5.92 Å². The van der Waals surface area contributed by atoms with Crippen LogP contribution in [0.4, 0.5) is 0 Å². The Hall–Kier alpha value is -2.53. The SMILES string of the molecule is COC(c1ccc2c(c1)CN(C(=O)C1Cc3ccccc3O1)CCO2)C1CCCCC1. The van der Waals surface area contributed by atoms with Crippen molar-refractivity contribution >= 4 is 5.91 Å². The predicted octanol–water partition coefficient (Wildman–Crippen LogP) is 4.68. The first-order chi connectivity index (χ1) is 15.2. The highest BCUT2D eigenvalue weighted by Gasteiger charge is 2.34. The van der Waals surface area contributed by atoms with Gasteiger partial charge in [0.2, 0.25) is 0 Å². The molecule has 164 valence electrons. The van der Waals surface area contributed by atoms with Gasteiger partial charge in [-0.3, -0.25) is 4.79 Å². The molecule has 2 unspecified atom stereocenters. The molecule has 5 nitrogen and oxygen atoms in total. The summed E-state index contributed by atoms with van der Waals surface area (Å²) in [4.78, 5) is 15.2. The third kappa shape index (κ3) is 4.16. The zero-order valence-electron chi connectivity index (χ0n) is 18.2. The Balaban J connectivity index is 1.34. The van der Waals surface area contributed by atoms with Gasteiger partial charge in [0.1, 0.15) is 18.1 Å². The zero-order chi connectivity index (χ0) is 21.2. The Morgan fingerprint density at radius 1 is 1.06 bits per heavy atom. The monoisotopic (exact) mass is 421 g/mol. The molecule has 0 bridgehead atoms. The fourth-order valence-corrected chi connectivity index (χ4v) is 5.34. The van der Waals surface area contributed by atoms with Crippen LogP contribution in [0.25, 0.3) is 0 Å². The zero-order valence-corrected chi connectivity index (χ0v) is 18.2. The van der Waals surface area contributed by atoms with E-state index in [9.17, 15) is 4.79 Å². The maximum absolute atomic E-state index is 13.3. The standard InChI is InChI=1S/C26H31NO4/c1-29-25(18-7-3-2-4-8-18)20-11-12-22-21(15-20)17-27(13-14-30-22)26(28)24-16-19-9-5-6-10-23(19)31-24/h5-6,9-12,15,18,24-25H,2-4,7-8,13-14,16-17H2,1H3. The number of carbonyl (C=O) groups is 1. The van der Waals surface area contributed by atoms with Gasteiger partial charge in [-0.25, -0.2) is 0 Å². The van der Waals surface area contributed by atoms with Crippen molar-refractivity contribution in [3.8, 4) is 11.5 Å². The quantitative estimate of drug-likeness (QED) is 0.719. The number of methoxy groups -OCH3 is 1. The van der Waals surface area contributed by atoms with E-state index in [4.69, 9.17) is 14.2 Å². The molecule has 1 saturated carbocycles. The molecule has 2 heterocycles. The third-order valence-corrected chi connectivity index (χ3v) is 6.96. The van der Waals surface area contributed by atoms with Crippen molar-refractivity contribution in [3.05, 3.63) is 59.2 Å². The van der Waals surface area contributed by atoms with Crippen LogP contribution < -0.4 is 9.47 Å². The van der Waals surface area contributed by atoms with Crippen LogP contribution in [0.1, 0.15) is 54.9 Å². The molecule has 2 aliphatic heterocycles. The molecule has 1 aliphatic carbocycles. The lowest BCUT2D eigenvalue weighted by Crippen LogP contribution is -2.42. The Kier molecular flexibility index (Phi) is 5.86. The van der Waals surface area contributed by atoms with Crippen LogP contribution >= 0.6 is 0 Å². The van der Waals surface area contributed by atoms with E-state index in [1.54, 1.807) is 0 Å². The van der Waals surface area contributed by atoms with Gasteiger partial charge in [0, 0.05) is 25.6 Å². The Morgan fingerprint density at radius 3 is 2.71 bits per heavy atom. The second-order valence-corrected chi connectivity index (χ2v) is 8.95. The van der Waals surface area contributed by atoms with E-state index >= 15 is 0 Å². The number of nitrogens with zero attached hydrogens (tertiary/aromatic N) is 1. The largest absolute Gasteiger partial charge is 0.491 e. The van der Waals surface area contributed by atoms with Crippen molar-refractivity contribution in [2.45, 2.75) is 57.3 Å². The summed E-state index contributed by atoms with van der Waals surface area (Å²) in [5, 5.41) is 0. The van der Waals surface area contributed by atoms with E-state index in [2.05, 4.69) is 18.2 Å². The number of hydrogen-bond donors (Lipinski definition) is 0. The van der Waals surface area contributed by atoms with Crippen LogP contribution in [0.15, 0.2) is 42.5 Å². The maximum atomic E-state index is 13.3. The molecule has 3 aliphatic rings. The predicted molar refractivity (Wildman–Crippen MR) is 118 cm³/mol. The van der Waals surface area contributed by atoms with Crippen LogP contribution in [-0.2, 0) is 22.5 Å². The second-order valence-electron chi connectivity index (χ2n) is 8.95. The average molecular weight is 422 g/mol. The molecule has 2 aromatic rings. The summed E-state index contributed by atoms with van der Waals surface area (Å²) in [6, 6.07) is 14.3. The fraction of sp³-hybridized carbons (Fsp3) is 0.500. The number of rotatable bonds is 4. The lowest BCUT2D eigenvalue weighted by molar-refractivity contribution is -0.138. The summed E-state index contributed by atoms with van der Waals surface area (Å²) in [7, 11) is 1.81. The van der Waals surface area contributed by atoms with Gasteiger partial charge in [0.05, 0.1) is 12.6 Å². The molecule has 2 aromatic carbocycles. The summed E-state index contributed by atoms with van der Waals surface area (Å²) >= 11 is 0. The number of benzene rings is 2. The Labute approximate surface area is 184 Å². The van der Waals surface area contributed by atoms with Crippen molar-refractivity contribution < 1.29 is 19.0 Å². The summed E-state index contributed by atoms with van der Waals surface area (Å²) in [5.41, 5.74) is 3.34. The molecule has 31 heavy (non-hydrogen) atoms. The molecule has 1 fully saturated rings. The summed E-state index contributed by atoms with van der Waals surface area (Å²) < 4.78 is 17.9. The smallest absolute Gasteiger partial charge is 0.264 e. The van der Waals surface area contributed by atoms with Gasteiger partial charge in [-0.15, -0.1) is 0 Å². The number of para-hydroxylation sites is 1. The van der Waals surface area contributed by atoms with Gasteiger partial charge in [0.25, 0.3) is 5.91 Å². The Morgan fingerprint density at radius 2 is 1.90 bits per heavy atom. The molecule has 5 rings (SSSR count). The van der Waals surface area contributed by atoms with Gasteiger partial charge in [-0.2, -0.15) is 0 Å². The number of fused-ring (bicyclic) bond motifs is 2. The molecule has 2 atom stereocenters. The molecule has 0 saturated heterocycles. The first kappa shape index (κ1) is 20.4. The summed E-state index contributed by atoms with van der Waals surface area (Å²) in [5.74, 6) is 2.29. The molecule has 0 spiro atoms. The minimum Gasteiger partial charge on any atom is -0.491 e.